The van der Waals surface area contributed by atoms with E-state index in [0.29, 0.717) is 0 Å². The highest BCUT2D eigenvalue weighted by Crippen LogP contribution is 2.15. The lowest BCUT2D eigenvalue weighted by Gasteiger charge is -2.42. The highest BCUT2D eigenvalue weighted by Gasteiger charge is 2.43. The van der Waals surface area contributed by atoms with Crippen LogP contribution in [0.3, 0.4) is 0 Å². The number of likely N-dealkylation sites (N-methyl/N-ethyl adjacent to an activating group) is 1. The first kappa shape index (κ1) is 20.8. The number of rotatable bonds is 5. The fraction of sp³-hybridized carbons (Fsp3) is 0.733. The van der Waals surface area contributed by atoms with Crippen molar-refractivity contribution in [3.8, 4) is 0 Å². The SMILES string of the molecule is CC(=O)N[C@H]1CN(C(OC(C)=O)C(=O)[O-])C1=O.CC[NH+]1CCOCC1. The van der Waals surface area contributed by atoms with Crippen LogP contribution in [0.25, 0.3) is 0 Å². The molecule has 2 atom stereocenters. The predicted molar refractivity (Wildman–Crippen MR) is 81.9 cm³/mol. The molecular weight excluding hydrogens is 334 g/mol. The van der Waals surface area contributed by atoms with Crippen molar-refractivity contribution >= 4 is 23.8 Å². The van der Waals surface area contributed by atoms with E-state index in [0.717, 1.165) is 25.0 Å². The lowest BCUT2D eigenvalue weighted by atomic mass is 10.1. The standard InChI is InChI=1S/C9H12N2O6.C6H13NO/c1-4(12)10-6-3-11(7(6)14)8(9(15)16)17-5(2)13;1-2-7-3-5-8-6-4-7/h6,8H,3H2,1-2H3,(H,10,12)(H,15,16);2-6H2,1H3/t6-,8?;/m0./s1. The van der Waals surface area contributed by atoms with E-state index in [1.54, 1.807) is 4.90 Å². The van der Waals surface area contributed by atoms with Crippen molar-refractivity contribution in [2.24, 2.45) is 0 Å². The molecule has 0 spiro atoms. The highest BCUT2D eigenvalue weighted by atomic mass is 16.6. The van der Waals surface area contributed by atoms with Gasteiger partial charge in [-0.2, -0.15) is 0 Å². The maximum absolute atomic E-state index is 11.5. The zero-order valence-electron chi connectivity index (χ0n) is 14.7. The third-order valence-electron chi connectivity index (χ3n) is 3.80. The van der Waals surface area contributed by atoms with Crippen LogP contribution in [-0.2, 0) is 28.7 Å². The van der Waals surface area contributed by atoms with Gasteiger partial charge in [0.1, 0.15) is 25.1 Å². The molecule has 2 fully saturated rings. The number of β-lactam (4-membered cyclic amide) rings is 1. The Labute approximate surface area is 146 Å². The van der Waals surface area contributed by atoms with Gasteiger partial charge in [-0.1, -0.05) is 0 Å². The lowest BCUT2D eigenvalue weighted by molar-refractivity contribution is -0.906. The van der Waals surface area contributed by atoms with Crippen LogP contribution in [-0.4, -0.2) is 80.3 Å². The maximum Gasteiger partial charge on any atom is 0.304 e. The average Bonchev–Trinajstić information content (AvgIpc) is 2.57. The Hall–Kier alpha value is -2.20. The van der Waals surface area contributed by atoms with E-state index in [9.17, 15) is 24.3 Å². The summed E-state index contributed by atoms with van der Waals surface area (Å²) in [6.45, 7) is 10.0. The van der Waals surface area contributed by atoms with Gasteiger partial charge >= 0.3 is 5.97 Å². The fourth-order valence-corrected chi connectivity index (χ4v) is 2.43. The van der Waals surface area contributed by atoms with E-state index < -0.39 is 36.0 Å². The summed E-state index contributed by atoms with van der Waals surface area (Å²) in [5.74, 6) is -3.55. The van der Waals surface area contributed by atoms with E-state index in [1.165, 1.54) is 26.6 Å². The molecule has 2 aliphatic heterocycles. The molecule has 0 bridgehead atoms. The van der Waals surface area contributed by atoms with Crippen LogP contribution in [0.1, 0.15) is 20.8 Å². The van der Waals surface area contributed by atoms with Crippen LogP contribution < -0.4 is 15.3 Å². The van der Waals surface area contributed by atoms with Crippen molar-refractivity contribution in [2.45, 2.75) is 33.0 Å². The largest absolute Gasteiger partial charge is 0.544 e. The third kappa shape index (κ3) is 6.67. The number of quaternary nitrogens is 1. The molecule has 25 heavy (non-hydrogen) atoms. The fourth-order valence-electron chi connectivity index (χ4n) is 2.43. The van der Waals surface area contributed by atoms with Gasteiger partial charge in [-0.25, -0.2) is 0 Å². The molecule has 2 aliphatic rings. The van der Waals surface area contributed by atoms with Gasteiger partial charge in [0.25, 0.3) is 0 Å². The number of likely N-dealkylation sites (tertiary alicyclic amines) is 1. The van der Waals surface area contributed by atoms with Crippen LogP contribution >= 0.6 is 0 Å². The minimum absolute atomic E-state index is 0.0374. The number of ether oxygens (including phenoxy) is 2. The van der Waals surface area contributed by atoms with Gasteiger partial charge < -0.3 is 29.6 Å². The van der Waals surface area contributed by atoms with Crippen molar-refractivity contribution in [3.05, 3.63) is 0 Å². The maximum atomic E-state index is 11.5. The van der Waals surface area contributed by atoms with E-state index in [-0.39, 0.29) is 6.54 Å². The Balaban J connectivity index is 0.000000324. The minimum atomic E-state index is -1.75. The monoisotopic (exact) mass is 359 g/mol. The van der Waals surface area contributed by atoms with Crippen LogP contribution in [0.4, 0.5) is 0 Å². The van der Waals surface area contributed by atoms with E-state index in [2.05, 4.69) is 17.0 Å². The van der Waals surface area contributed by atoms with Gasteiger partial charge in [-0.15, -0.1) is 0 Å². The number of carboxylic acids is 1. The van der Waals surface area contributed by atoms with Gasteiger partial charge in [-0.3, -0.25) is 19.3 Å². The molecule has 0 saturated carbocycles. The van der Waals surface area contributed by atoms with E-state index in [4.69, 9.17) is 4.74 Å². The molecule has 1 unspecified atom stereocenters. The second kappa shape index (κ2) is 9.94. The molecule has 0 radical (unpaired) electrons. The molecule has 10 nitrogen and oxygen atoms in total. The van der Waals surface area contributed by atoms with Crippen molar-refractivity contribution in [1.82, 2.24) is 10.2 Å². The molecule has 0 aromatic carbocycles. The molecule has 0 aromatic rings. The number of carbonyl (C=O) groups is 4. The summed E-state index contributed by atoms with van der Waals surface area (Å²) in [7, 11) is 0. The number of morpholine rings is 1. The molecule has 2 N–H and O–H groups in total. The quantitative estimate of drug-likeness (QED) is 0.377. The van der Waals surface area contributed by atoms with Crippen molar-refractivity contribution in [3.63, 3.8) is 0 Å². The van der Waals surface area contributed by atoms with Gasteiger partial charge in [0.05, 0.1) is 26.3 Å². The second-order valence-corrected chi connectivity index (χ2v) is 5.74. The van der Waals surface area contributed by atoms with Crippen LogP contribution in [0.5, 0.6) is 0 Å². The number of hydrogen-bond acceptors (Lipinski definition) is 7. The predicted octanol–water partition coefficient (Wildman–Crippen LogP) is -4.11. The topological polar surface area (TPSA) is 130 Å². The van der Waals surface area contributed by atoms with Gasteiger partial charge in [-0.05, 0) is 6.92 Å². The molecule has 10 heteroatoms. The Morgan fingerprint density at radius 2 is 1.96 bits per heavy atom. The number of carboxylic acid groups (broad SMARTS) is 1. The average molecular weight is 359 g/mol. The van der Waals surface area contributed by atoms with Crippen LogP contribution in [0, 0.1) is 0 Å². The van der Waals surface area contributed by atoms with Crippen molar-refractivity contribution in [2.75, 3.05) is 39.4 Å². The summed E-state index contributed by atoms with van der Waals surface area (Å²) in [5.41, 5.74) is 0. The van der Waals surface area contributed by atoms with E-state index in [1.807, 2.05) is 0 Å². The zero-order chi connectivity index (χ0) is 19.0. The van der Waals surface area contributed by atoms with Gasteiger partial charge in [0.2, 0.25) is 18.0 Å². The summed E-state index contributed by atoms with van der Waals surface area (Å²) in [6.07, 6.45) is -1.75. The first-order chi connectivity index (χ1) is 11.8. The number of amides is 2. The molecular formula is C15H25N3O7. The van der Waals surface area contributed by atoms with Crippen LogP contribution in [0.2, 0.25) is 0 Å². The first-order valence-electron chi connectivity index (χ1n) is 8.13. The summed E-state index contributed by atoms with van der Waals surface area (Å²) >= 11 is 0. The summed E-state index contributed by atoms with van der Waals surface area (Å²) < 4.78 is 9.61. The Bertz CT molecular complexity index is 505. The molecule has 142 valence electrons. The molecule has 2 amide bonds. The van der Waals surface area contributed by atoms with Crippen molar-refractivity contribution < 1.29 is 38.7 Å². The number of nitrogens with one attached hydrogen (secondary N) is 2. The number of carbonyl (C=O) groups excluding carboxylic acids is 4. The molecule has 0 aromatic heterocycles. The summed E-state index contributed by atoms with van der Waals surface area (Å²) in [5, 5.41) is 13.0. The van der Waals surface area contributed by atoms with Crippen molar-refractivity contribution in [1.29, 1.82) is 0 Å². The normalized spacial score (nSPS) is 21.3. The molecule has 2 heterocycles. The molecule has 2 saturated heterocycles. The molecule has 0 aliphatic carbocycles. The summed E-state index contributed by atoms with van der Waals surface area (Å²) in [4.78, 5) is 45.9. The first-order valence-corrected chi connectivity index (χ1v) is 8.13. The lowest BCUT2D eigenvalue weighted by Crippen LogP contribution is -3.13. The minimum Gasteiger partial charge on any atom is -0.544 e. The smallest absolute Gasteiger partial charge is 0.304 e. The Morgan fingerprint density at radius 3 is 2.32 bits per heavy atom. The Morgan fingerprint density at radius 1 is 1.36 bits per heavy atom. The number of nitrogens with zero attached hydrogens (tertiary/aromatic N) is 1. The number of esters is 1. The zero-order valence-corrected chi connectivity index (χ0v) is 14.7. The number of hydrogen-bond donors (Lipinski definition) is 2. The van der Waals surface area contributed by atoms with Crippen LogP contribution in [0.15, 0.2) is 0 Å². The molecule has 2 rings (SSSR count). The van der Waals surface area contributed by atoms with Gasteiger partial charge in [0.15, 0.2) is 0 Å². The van der Waals surface area contributed by atoms with Gasteiger partial charge in [0, 0.05) is 13.8 Å². The second-order valence-electron chi connectivity index (χ2n) is 5.74. The Kier molecular flexibility index (Phi) is 8.29. The summed E-state index contributed by atoms with van der Waals surface area (Å²) in [6, 6.07) is -0.773. The van der Waals surface area contributed by atoms with E-state index >= 15 is 0 Å². The number of aliphatic carboxylic acids is 1. The third-order valence-corrected chi connectivity index (χ3v) is 3.80. The highest BCUT2D eigenvalue weighted by molar-refractivity contribution is 5.94.